The van der Waals surface area contributed by atoms with Crippen LogP contribution in [-0.4, -0.2) is 83.0 Å². The molecule has 0 aromatic carbocycles. The van der Waals surface area contributed by atoms with Crippen molar-refractivity contribution in [3.8, 4) is 0 Å². The molecule has 0 amide bonds. The van der Waals surface area contributed by atoms with Crippen LogP contribution in [0.4, 0.5) is 0 Å². The number of thioether (sulfide) groups is 1. The van der Waals surface area contributed by atoms with E-state index in [9.17, 15) is 5.11 Å². The monoisotopic (exact) mass is 314 g/mol. The maximum atomic E-state index is 9.95. The Bertz CT molecular complexity index is 345. The summed E-state index contributed by atoms with van der Waals surface area (Å²) < 4.78 is 6.14. The fourth-order valence-corrected chi connectivity index (χ4v) is 5.39. The molecule has 2 atom stereocenters. The van der Waals surface area contributed by atoms with E-state index in [1.807, 2.05) is 13.8 Å². The molecule has 4 nitrogen and oxygen atoms in total. The Balaban J connectivity index is 1.50. The Kier molecular flexibility index (Phi) is 4.86. The van der Waals surface area contributed by atoms with Crippen molar-refractivity contribution in [3.05, 3.63) is 0 Å². The molecule has 1 N–H and O–H groups in total. The SMILES string of the molecule is CC(C)(O)CN1CCN(C2CCOC3(CCSC3)C2)CC1. The van der Waals surface area contributed by atoms with Crippen molar-refractivity contribution in [1.29, 1.82) is 0 Å². The van der Waals surface area contributed by atoms with Crippen LogP contribution in [0.1, 0.15) is 33.1 Å². The summed E-state index contributed by atoms with van der Waals surface area (Å²) in [6.07, 6.45) is 3.66. The van der Waals surface area contributed by atoms with Gasteiger partial charge in [-0.3, -0.25) is 9.80 Å². The second-order valence-corrected chi connectivity index (χ2v) is 8.71. The van der Waals surface area contributed by atoms with E-state index in [4.69, 9.17) is 4.74 Å². The molecule has 0 radical (unpaired) electrons. The van der Waals surface area contributed by atoms with Crippen LogP contribution < -0.4 is 0 Å². The Labute approximate surface area is 133 Å². The first-order valence-electron chi connectivity index (χ1n) is 8.36. The maximum Gasteiger partial charge on any atom is 0.0795 e. The Morgan fingerprint density at radius 1 is 1.29 bits per heavy atom. The van der Waals surface area contributed by atoms with Crippen molar-refractivity contribution in [2.24, 2.45) is 0 Å². The highest BCUT2D eigenvalue weighted by molar-refractivity contribution is 7.99. The molecule has 3 rings (SSSR count). The van der Waals surface area contributed by atoms with Crippen molar-refractivity contribution in [2.45, 2.75) is 50.4 Å². The fraction of sp³-hybridized carbons (Fsp3) is 1.00. The lowest BCUT2D eigenvalue weighted by atomic mass is 9.88. The van der Waals surface area contributed by atoms with Gasteiger partial charge in [-0.05, 0) is 38.9 Å². The standard InChI is InChI=1S/C16H30N2O2S/c1-15(2,19)12-17-5-7-18(8-6-17)14-3-9-20-16(11-14)4-10-21-13-16/h14,19H,3-13H2,1-2H3. The topological polar surface area (TPSA) is 35.9 Å². The number of hydrogen-bond acceptors (Lipinski definition) is 5. The lowest BCUT2D eigenvalue weighted by Gasteiger charge is -2.46. The molecule has 5 heteroatoms. The Morgan fingerprint density at radius 2 is 2.05 bits per heavy atom. The molecule has 1 spiro atoms. The summed E-state index contributed by atoms with van der Waals surface area (Å²) in [5, 5.41) is 9.95. The molecule has 3 aliphatic rings. The predicted molar refractivity (Wildman–Crippen MR) is 88.0 cm³/mol. The van der Waals surface area contributed by atoms with Crippen LogP contribution in [0.15, 0.2) is 0 Å². The summed E-state index contributed by atoms with van der Waals surface area (Å²) in [5.74, 6) is 2.47. The van der Waals surface area contributed by atoms with Gasteiger partial charge in [0.25, 0.3) is 0 Å². The molecular formula is C16H30N2O2S. The molecule has 21 heavy (non-hydrogen) atoms. The van der Waals surface area contributed by atoms with Crippen LogP contribution >= 0.6 is 11.8 Å². The molecule has 2 unspecified atom stereocenters. The molecule has 0 aliphatic carbocycles. The number of rotatable bonds is 3. The van der Waals surface area contributed by atoms with Gasteiger partial charge in [-0.2, -0.15) is 11.8 Å². The van der Waals surface area contributed by atoms with Gasteiger partial charge in [-0.15, -0.1) is 0 Å². The second kappa shape index (κ2) is 6.36. The molecule has 3 saturated heterocycles. The van der Waals surface area contributed by atoms with E-state index in [2.05, 4.69) is 21.6 Å². The highest BCUT2D eigenvalue weighted by atomic mass is 32.2. The van der Waals surface area contributed by atoms with Gasteiger partial charge in [0.15, 0.2) is 0 Å². The smallest absolute Gasteiger partial charge is 0.0795 e. The molecule has 3 fully saturated rings. The number of β-amino-alcohol motifs (C(OH)–C–C–N with tert-alkyl or cyclic N) is 1. The van der Waals surface area contributed by atoms with Crippen molar-refractivity contribution in [3.63, 3.8) is 0 Å². The van der Waals surface area contributed by atoms with Crippen molar-refractivity contribution in [1.82, 2.24) is 9.80 Å². The first-order chi connectivity index (χ1) is 9.96. The summed E-state index contributed by atoms with van der Waals surface area (Å²) in [6, 6.07) is 0.710. The third-order valence-corrected chi connectivity index (χ3v) is 6.29. The number of nitrogens with zero attached hydrogens (tertiary/aromatic N) is 2. The molecule has 0 aromatic heterocycles. The fourth-order valence-electron chi connectivity index (χ4n) is 4.01. The largest absolute Gasteiger partial charge is 0.389 e. The van der Waals surface area contributed by atoms with Crippen LogP contribution in [-0.2, 0) is 4.74 Å². The van der Waals surface area contributed by atoms with Gasteiger partial charge in [0.2, 0.25) is 0 Å². The predicted octanol–water partition coefficient (Wildman–Crippen LogP) is 1.43. The Hall–Kier alpha value is 0.190. The number of hydrogen-bond donors (Lipinski definition) is 1. The molecule has 0 saturated carbocycles. The minimum absolute atomic E-state index is 0.192. The van der Waals surface area contributed by atoms with Crippen molar-refractivity contribution >= 4 is 11.8 Å². The zero-order valence-electron chi connectivity index (χ0n) is 13.5. The maximum absolute atomic E-state index is 9.95. The van der Waals surface area contributed by atoms with Crippen LogP contribution in [0.2, 0.25) is 0 Å². The van der Waals surface area contributed by atoms with Gasteiger partial charge in [-0.1, -0.05) is 0 Å². The highest BCUT2D eigenvalue weighted by Crippen LogP contribution is 2.39. The normalized spacial score (nSPS) is 36.4. The van der Waals surface area contributed by atoms with E-state index in [1.54, 1.807) is 0 Å². The second-order valence-electron chi connectivity index (χ2n) is 7.61. The summed E-state index contributed by atoms with van der Waals surface area (Å²) in [5.41, 5.74) is -0.385. The van der Waals surface area contributed by atoms with E-state index >= 15 is 0 Å². The quantitative estimate of drug-likeness (QED) is 0.853. The molecule has 3 aliphatic heterocycles. The van der Waals surface area contributed by atoms with Gasteiger partial charge < -0.3 is 9.84 Å². The van der Waals surface area contributed by atoms with Crippen LogP contribution in [0.25, 0.3) is 0 Å². The zero-order chi connectivity index (χ0) is 14.9. The summed E-state index contributed by atoms with van der Waals surface area (Å²) in [7, 11) is 0. The first kappa shape index (κ1) is 16.1. The average Bonchev–Trinajstić information content (AvgIpc) is 2.86. The molecular weight excluding hydrogens is 284 g/mol. The van der Waals surface area contributed by atoms with E-state index in [1.165, 1.54) is 30.8 Å². The van der Waals surface area contributed by atoms with Gasteiger partial charge in [0.1, 0.15) is 0 Å². The number of aliphatic hydroxyl groups is 1. The van der Waals surface area contributed by atoms with Crippen LogP contribution in [0, 0.1) is 0 Å². The third-order valence-electron chi connectivity index (χ3n) is 5.07. The zero-order valence-corrected chi connectivity index (χ0v) is 14.3. The number of ether oxygens (including phenoxy) is 1. The van der Waals surface area contributed by atoms with Crippen LogP contribution in [0.5, 0.6) is 0 Å². The van der Waals surface area contributed by atoms with Gasteiger partial charge in [0.05, 0.1) is 11.2 Å². The minimum Gasteiger partial charge on any atom is -0.389 e. The van der Waals surface area contributed by atoms with Gasteiger partial charge in [0, 0.05) is 51.1 Å². The summed E-state index contributed by atoms with van der Waals surface area (Å²) in [4.78, 5) is 5.07. The summed E-state index contributed by atoms with van der Waals surface area (Å²) in [6.45, 7) is 9.99. The van der Waals surface area contributed by atoms with Crippen molar-refractivity contribution in [2.75, 3.05) is 50.8 Å². The van der Waals surface area contributed by atoms with E-state index < -0.39 is 5.60 Å². The number of piperazine rings is 1. The average molecular weight is 314 g/mol. The van der Waals surface area contributed by atoms with E-state index in [-0.39, 0.29) is 5.60 Å². The highest BCUT2D eigenvalue weighted by Gasteiger charge is 2.42. The Morgan fingerprint density at radius 3 is 2.67 bits per heavy atom. The minimum atomic E-state index is -0.577. The first-order valence-corrected chi connectivity index (χ1v) is 9.52. The lowest BCUT2D eigenvalue weighted by molar-refractivity contribution is -0.0955. The summed E-state index contributed by atoms with van der Waals surface area (Å²) >= 11 is 2.06. The molecule has 0 bridgehead atoms. The molecule has 0 aromatic rings. The van der Waals surface area contributed by atoms with E-state index in [0.717, 1.165) is 39.3 Å². The molecule has 3 heterocycles. The van der Waals surface area contributed by atoms with Crippen LogP contribution in [0.3, 0.4) is 0 Å². The van der Waals surface area contributed by atoms with Gasteiger partial charge >= 0.3 is 0 Å². The van der Waals surface area contributed by atoms with E-state index in [0.29, 0.717) is 6.04 Å². The lowest BCUT2D eigenvalue weighted by Crippen LogP contribution is -2.56. The third kappa shape index (κ3) is 4.14. The van der Waals surface area contributed by atoms with Gasteiger partial charge in [-0.25, -0.2) is 0 Å². The van der Waals surface area contributed by atoms with Crippen molar-refractivity contribution < 1.29 is 9.84 Å². The molecule has 122 valence electrons.